The zero-order valence-corrected chi connectivity index (χ0v) is 15.1. The highest BCUT2D eigenvalue weighted by Gasteiger charge is 2.23. The summed E-state index contributed by atoms with van der Waals surface area (Å²) in [5.74, 6) is -1.35. The van der Waals surface area contributed by atoms with Crippen LogP contribution in [0.4, 0.5) is 0 Å². The Hall–Kier alpha value is -3.35. The number of carbonyl (C=O) groups is 2. The Morgan fingerprint density at radius 1 is 1.19 bits per heavy atom. The molecule has 0 aliphatic heterocycles. The van der Waals surface area contributed by atoms with Crippen molar-refractivity contribution < 1.29 is 19.4 Å². The van der Waals surface area contributed by atoms with Gasteiger partial charge in [-0.25, -0.2) is 9.78 Å². The van der Waals surface area contributed by atoms with Crippen molar-refractivity contribution in [2.24, 2.45) is 0 Å². The number of fused-ring (bicyclic) bond motifs is 1. The molecule has 0 aliphatic carbocycles. The van der Waals surface area contributed by atoms with E-state index < -0.39 is 17.9 Å². The number of rotatable bonds is 7. The maximum absolute atomic E-state index is 12.5. The number of H-pyrrole nitrogens is 1. The second kappa shape index (κ2) is 7.90. The summed E-state index contributed by atoms with van der Waals surface area (Å²) < 4.78 is 5.48. The highest BCUT2D eigenvalue weighted by molar-refractivity contribution is 5.95. The molecule has 7 nitrogen and oxygen atoms in total. The number of aliphatic carboxylic acids is 1. The summed E-state index contributed by atoms with van der Waals surface area (Å²) in [6, 6.07) is 11.4. The van der Waals surface area contributed by atoms with Crippen LogP contribution in [0.5, 0.6) is 5.88 Å². The number of nitrogens with one attached hydrogen (secondary N) is 2. The van der Waals surface area contributed by atoms with Gasteiger partial charge >= 0.3 is 5.97 Å². The van der Waals surface area contributed by atoms with Gasteiger partial charge in [-0.05, 0) is 31.5 Å². The van der Waals surface area contributed by atoms with E-state index in [4.69, 9.17) is 4.74 Å². The second-order valence-corrected chi connectivity index (χ2v) is 6.46. The zero-order chi connectivity index (χ0) is 19.4. The average Bonchev–Trinajstić information content (AvgIpc) is 3.04. The summed E-state index contributed by atoms with van der Waals surface area (Å²) in [5.41, 5.74) is 1.85. The number of carboxylic acid groups (broad SMARTS) is 1. The molecule has 0 fully saturated rings. The van der Waals surface area contributed by atoms with Gasteiger partial charge in [0.1, 0.15) is 11.7 Å². The molecule has 3 N–H and O–H groups in total. The molecule has 0 bridgehead atoms. The molecule has 1 atom stereocenters. The summed E-state index contributed by atoms with van der Waals surface area (Å²) in [7, 11) is 0. The van der Waals surface area contributed by atoms with Gasteiger partial charge in [0.25, 0.3) is 5.91 Å². The zero-order valence-electron chi connectivity index (χ0n) is 15.1. The van der Waals surface area contributed by atoms with Gasteiger partial charge in [0, 0.05) is 29.6 Å². The third-order valence-corrected chi connectivity index (χ3v) is 4.02. The first-order chi connectivity index (χ1) is 12.9. The monoisotopic (exact) mass is 367 g/mol. The Morgan fingerprint density at radius 2 is 1.96 bits per heavy atom. The van der Waals surface area contributed by atoms with Crippen LogP contribution < -0.4 is 10.1 Å². The van der Waals surface area contributed by atoms with Crippen molar-refractivity contribution in [3.05, 3.63) is 59.9 Å². The van der Waals surface area contributed by atoms with Crippen LogP contribution >= 0.6 is 0 Å². The fraction of sp³-hybridized carbons (Fsp3) is 0.250. The first-order valence-corrected chi connectivity index (χ1v) is 8.66. The Balaban J connectivity index is 1.76. The molecule has 1 amide bonds. The Labute approximate surface area is 156 Å². The fourth-order valence-corrected chi connectivity index (χ4v) is 2.80. The molecule has 2 aromatic heterocycles. The molecule has 0 aliphatic rings. The number of carboxylic acids is 1. The van der Waals surface area contributed by atoms with Crippen LogP contribution in [-0.4, -0.2) is 39.1 Å². The molecule has 0 spiro atoms. The van der Waals surface area contributed by atoms with Gasteiger partial charge in [-0.2, -0.15) is 0 Å². The van der Waals surface area contributed by atoms with E-state index in [0.29, 0.717) is 5.88 Å². The van der Waals surface area contributed by atoms with Gasteiger partial charge in [-0.1, -0.05) is 24.3 Å². The molecular weight excluding hydrogens is 346 g/mol. The topological polar surface area (TPSA) is 104 Å². The van der Waals surface area contributed by atoms with Crippen molar-refractivity contribution in [3.63, 3.8) is 0 Å². The lowest BCUT2D eigenvalue weighted by Crippen LogP contribution is -2.42. The standard InChI is InChI=1S/C20H21N3O4/c1-12(2)27-18-9-5-8-16(22-18)19(24)23-17(20(25)26)10-13-11-21-15-7-4-3-6-14(13)15/h3-9,11-12,17,21H,10H2,1-2H3,(H,23,24)(H,25,26). The van der Waals surface area contributed by atoms with E-state index in [0.717, 1.165) is 16.5 Å². The van der Waals surface area contributed by atoms with Crippen LogP contribution in [0.25, 0.3) is 10.9 Å². The Kier molecular flexibility index (Phi) is 5.40. The van der Waals surface area contributed by atoms with Gasteiger partial charge in [-0.15, -0.1) is 0 Å². The second-order valence-electron chi connectivity index (χ2n) is 6.46. The van der Waals surface area contributed by atoms with E-state index in [1.165, 1.54) is 6.07 Å². The van der Waals surface area contributed by atoms with E-state index >= 15 is 0 Å². The molecular formula is C20H21N3O4. The van der Waals surface area contributed by atoms with E-state index in [9.17, 15) is 14.7 Å². The van der Waals surface area contributed by atoms with Crippen molar-refractivity contribution in [3.8, 4) is 5.88 Å². The largest absolute Gasteiger partial charge is 0.480 e. The van der Waals surface area contributed by atoms with Gasteiger partial charge in [0.15, 0.2) is 0 Å². The lowest BCUT2D eigenvalue weighted by molar-refractivity contribution is -0.139. The molecule has 0 saturated heterocycles. The number of hydrogen-bond donors (Lipinski definition) is 3. The summed E-state index contributed by atoms with van der Waals surface area (Å²) >= 11 is 0. The molecule has 7 heteroatoms. The molecule has 1 aromatic carbocycles. The predicted molar refractivity (Wildman–Crippen MR) is 101 cm³/mol. The number of aromatic nitrogens is 2. The number of benzene rings is 1. The van der Waals surface area contributed by atoms with Crippen LogP contribution in [-0.2, 0) is 11.2 Å². The van der Waals surface area contributed by atoms with Gasteiger partial charge in [0.05, 0.1) is 6.10 Å². The smallest absolute Gasteiger partial charge is 0.326 e. The molecule has 3 rings (SSSR count). The Bertz CT molecular complexity index is 965. The number of amides is 1. The lowest BCUT2D eigenvalue weighted by Gasteiger charge is -2.15. The third kappa shape index (κ3) is 4.44. The van der Waals surface area contributed by atoms with E-state index in [1.54, 1.807) is 18.3 Å². The van der Waals surface area contributed by atoms with Crippen molar-refractivity contribution in [1.82, 2.24) is 15.3 Å². The van der Waals surface area contributed by atoms with E-state index in [-0.39, 0.29) is 18.2 Å². The SMILES string of the molecule is CC(C)Oc1cccc(C(=O)NC(Cc2c[nH]c3ccccc23)C(=O)O)n1. The average molecular weight is 367 g/mol. The minimum atomic E-state index is -1.11. The third-order valence-electron chi connectivity index (χ3n) is 4.02. The summed E-state index contributed by atoms with van der Waals surface area (Å²) in [6.07, 6.45) is 1.85. The highest BCUT2D eigenvalue weighted by Crippen LogP contribution is 2.19. The van der Waals surface area contributed by atoms with Crippen molar-refractivity contribution in [2.75, 3.05) is 0 Å². The molecule has 1 unspecified atom stereocenters. The molecule has 2 heterocycles. The van der Waals surface area contributed by atoms with E-state index in [1.807, 2.05) is 38.1 Å². The number of aromatic amines is 1. The van der Waals surface area contributed by atoms with Crippen LogP contribution in [0.3, 0.4) is 0 Å². The number of pyridine rings is 1. The Morgan fingerprint density at radius 3 is 2.70 bits per heavy atom. The first-order valence-electron chi connectivity index (χ1n) is 8.66. The lowest BCUT2D eigenvalue weighted by atomic mass is 10.0. The number of para-hydroxylation sites is 1. The van der Waals surface area contributed by atoms with Crippen molar-refractivity contribution >= 4 is 22.8 Å². The van der Waals surface area contributed by atoms with Crippen LogP contribution in [0.15, 0.2) is 48.7 Å². The van der Waals surface area contributed by atoms with E-state index in [2.05, 4.69) is 15.3 Å². The molecule has 3 aromatic rings. The summed E-state index contributed by atoms with van der Waals surface area (Å²) in [5, 5.41) is 13.0. The van der Waals surface area contributed by atoms with Crippen LogP contribution in [0.1, 0.15) is 29.9 Å². The number of hydrogen-bond acceptors (Lipinski definition) is 4. The number of ether oxygens (including phenoxy) is 1. The molecule has 0 radical (unpaired) electrons. The fourth-order valence-electron chi connectivity index (χ4n) is 2.80. The van der Waals surface area contributed by atoms with Gasteiger partial charge in [-0.3, -0.25) is 4.79 Å². The van der Waals surface area contributed by atoms with Crippen LogP contribution in [0.2, 0.25) is 0 Å². The minimum Gasteiger partial charge on any atom is -0.480 e. The maximum Gasteiger partial charge on any atom is 0.326 e. The predicted octanol–water partition coefficient (Wildman–Crippen LogP) is 2.78. The summed E-state index contributed by atoms with van der Waals surface area (Å²) in [6.45, 7) is 3.71. The van der Waals surface area contributed by atoms with Crippen molar-refractivity contribution in [1.29, 1.82) is 0 Å². The summed E-state index contributed by atoms with van der Waals surface area (Å²) in [4.78, 5) is 31.4. The van der Waals surface area contributed by atoms with Gasteiger partial charge in [0.2, 0.25) is 5.88 Å². The molecule has 27 heavy (non-hydrogen) atoms. The minimum absolute atomic E-state index is 0.0792. The maximum atomic E-state index is 12.5. The highest BCUT2D eigenvalue weighted by atomic mass is 16.5. The number of carbonyl (C=O) groups excluding carboxylic acids is 1. The van der Waals surface area contributed by atoms with Crippen molar-refractivity contribution in [2.45, 2.75) is 32.4 Å². The first kappa shape index (κ1) is 18.4. The molecule has 140 valence electrons. The van der Waals surface area contributed by atoms with Crippen LogP contribution in [0, 0.1) is 0 Å². The number of nitrogens with zero attached hydrogens (tertiary/aromatic N) is 1. The molecule has 0 saturated carbocycles. The quantitative estimate of drug-likeness (QED) is 0.596. The normalized spacial score (nSPS) is 12.1. The van der Waals surface area contributed by atoms with Gasteiger partial charge < -0.3 is 20.1 Å².